The number of anilines is 1. The highest BCUT2D eigenvalue weighted by Gasteiger charge is 2.15. The standard InChI is InChI=1S/C16H24N2O2/c1-17(2)14-5-3-6-16(13-14)20-12-4-9-18-10-7-15(19)8-11-18/h3,5-6,13H,4,7-12H2,1-2H3. The van der Waals surface area contributed by atoms with Crippen molar-refractivity contribution in [3.8, 4) is 5.75 Å². The molecule has 1 fully saturated rings. The van der Waals surface area contributed by atoms with Gasteiger partial charge in [-0.15, -0.1) is 0 Å². The first-order valence-electron chi connectivity index (χ1n) is 7.29. The van der Waals surface area contributed by atoms with Crippen LogP contribution in [-0.4, -0.2) is 51.0 Å². The van der Waals surface area contributed by atoms with Gasteiger partial charge in [-0.1, -0.05) is 6.07 Å². The normalized spacial score (nSPS) is 16.2. The minimum atomic E-state index is 0.401. The number of likely N-dealkylation sites (tertiary alicyclic amines) is 1. The van der Waals surface area contributed by atoms with E-state index >= 15 is 0 Å². The molecule has 2 rings (SSSR count). The Kier molecular flexibility index (Phi) is 5.41. The highest BCUT2D eigenvalue weighted by molar-refractivity contribution is 5.79. The van der Waals surface area contributed by atoms with E-state index in [1.54, 1.807) is 0 Å². The van der Waals surface area contributed by atoms with Crippen LogP contribution in [0, 0.1) is 0 Å². The van der Waals surface area contributed by atoms with Crippen molar-refractivity contribution in [2.45, 2.75) is 19.3 Å². The Hall–Kier alpha value is -1.55. The van der Waals surface area contributed by atoms with Gasteiger partial charge in [-0.3, -0.25) is 4.79 Å². The molecule has 0 unspecified atom stereocenters. The summed E-state index contributed by atoms with van der Waals surface area (Å²) in [7, 11) is 4.05. The summed E-state index contributed by atoms with van der Waals surface area (Å²) in [6.07, 6.45) is 2.43. The molecule has 0 radical (unpaired) electrons. The molecule has 0 atom stereocenters. The van der Waals surface area contributed by atoms with Gasteiger partial charge in [0.2, 0.25) is 0 Å². The lowest BCUT2D eigenvalue weighted by Crippen LogP contribution is -2.35. The lowest BCUT2D eigenvalue weighted by atomic mass is 10.1. The summed E-state index contributed by atoms with van der Waals surface area (Å²) < 4.78 is 5.79. The summed E-state index contributed by atoms with van der Waals surface area (Å²) in [5, 5.41) is 0. The number of ether oxygens (including phenoxy) is 1. The summed E-state index contributed by atoms with van der Waals surface area (Å²) in [4.78, 5) is 15.6. The van der Waals surface area contributed by atoms with Gasteiger partial charge >= 0.3 is 0 Å². The molecule has 0 N–H and O–H groups in total. The summed E-state index contributed by atoms with van der Waals surface area (Å²) in [6, 6.07) is 8.13. The number of piperidine rings is 1. The second-order valence-electron chi connectivity index (χ2n) is 5.47. The van der Waals surface area contributed by atoms with Crippen LogP contribution >= 0.6 is 0 Å². The summed E-state index contributed by atoms with van der Waals surface area (Å²) in [6.45, 7) is 3.56. The van der Waals surface area contributed by atoms with E-state index in [0.29, 0.717) is 18.6 Å². The van der Waals surface area contributed by atoms with Crippen LogP contribution in [0.1, 0.15) is 19.3 Å². The number of Topliss-reactive ketones (excluding diaryl/α,β-unsaturated/α-hetero) is 1. The highest BCUT2D eigenvalue weighted by Crippen LogP contribution is 2.19. The fraction of sp³-hybridized carbons (Fsp3) is 0.562. The van der Waals surface area contributed by atoms with E-state index in [4.69, 9.17) is 4.74 Å². The molecule has 0 amide bonds. The van der Waals surface area contributed by atoms with Crippen molar-refractivity contribution in [1.82, 2.24) is 4.90 Å². The molecule has 20 heavy (non-hydrogen) atoms. The third kappa shape index (κ3) is 4.53. The Balaban J connectivity index is 1.68. The SMILES string of the molecule is CN(C)c1cccc(OCCCN2CCC(=O)CC2)c1. The minimum Gasteiger partial charge on any atom is -0.493 e. The highest BCUT2D eigenvalue weighted by atomic mass is 16.5. The minimum absolute atomic E-state index is 0.401. The smallest absolute Gasteiger partial charge is 0.135 e. The Morgan fingerprint density at radius 3 is 2.70 bits per heavy atom. The van der Waals surface area contributed by atoms with Crippen LogP contribution in [0.2, 0.25) is 0 Å². The third-order valence-corrected chi connectivity index (χ3v) is 3.64. The van der Waals surface area contributed by atoms with Gasteiger partial charge in [-0.2, -0.15) is 0 Å². The predicted molar refractivity (Wildman–Crippen MR) is 81.6 cm³/mol. The molecule has 1 aliphatic heterocycles. The van der Waals surface area contributed by atoms with E-state index in [1.165, 1.54) is 0 Å². The average molecular weight is 276 g/mol. The molecule has 0 spiro atoms. The molecule has 0 aromatic heterocycles. The van der Waals surface area contributed by atoms with Gasteiger partial charge in [0.05, 0.1) is 6.61 Å². The van der Waals surface area contributed by atoms with Crippen molar-refractivity contribution in [3.63, 3.8) is 0 Å². The largest absolute Gasteiger partial charge is 0.493 e. The van der Waals surface area contributed by atoms with Gasteiger partial charge in [-0.05, 0) is 18.6 Å². The molecule has 0 bridgehead atoms. The van der Waals surface area contributed by atoms with Crippen molar-refractivity contribution < 1.29 is 9.53 Å². The number of hydrogen-bond acceptors (Lipinski definition) is 4. The molecule has 1 aliphatic rings. The topological polar surface area (TPSA) is 32.8 Å². The molecule has 110 valence electrons. The first-order valence-corrected chi connectivity index (χ1v) is 7.29. The van der Waals surface area contributed by atoms with Gasteiger partial charge < -0.3 is 14.5 Å². The van der Waals surface area contributed by atoms with E-state index < -0.39 is 0 Å². The fourth-order valence-electron chi connectivity index (χ4n) is 2.36. The molecular weight excluding hydrogens is 252 g/mol. The molecule has 4 nitrogen and oxygen atoms in total. The van der Waals surface area contributed by atoms with Crippen molar-refractivity contribution in [3.05, 3.63) is 24.3 Å². The Bertz CT molecular complexity index is 436. The predicted octanol–water partition coefficient (Wildman–Crippen LogP) is 2.19. The van der Waals surface area contributed by atoms with Gasteiger partial charge in [0, 0.05) is 58.3 Å². The van der Waals surface area contributed by atoms with Gasteiger partial charge in [0.15, 0.2) is 0 Å². The second kappa shape index (κ2) is 7.29. The molecule has 1 heterocycles. The van der Waals surface area contributed by atoms with Gasteiger partial charge in [0.25, 0.3) is 0 Å². The summed E-state index contributed by atoms with van der Waals surface area (Å²) in [5.41, 5.74) is 1.15. The Morgan fingerprint density at radius 1 is 1.25 bits per heavy atom. The number of nitrogens with zero attached hydrogens (tertiary/aromatic N) is 2. The van der Waals surface area contributed by atoms with Crippen LogP contribution in [0.25, 0.3) is 0 Å². The maximum absolute atomic E-state index is 11.2. The molecule has 0 saturated carbocycles. The number of rotatable bonds is 6. The Morgan fingerprint density at radius 2 is 2.00 bits per heavy atom. The summed E-state index contributed by atoms with van der Waals surface area (Å²) >= 11 is 0. The first-order chi connectivity index (χ1) is 9.65. The zero-order chi connectivity index (χ0) is 14.4. The van der Waals surface area contributed by atoms with E-state index in [2.05, 4.69) is 21.9 Å². The van der Waals surface area contributed by atoms with E-state index in [1.807, 2.05) is 26.2 Å². The van der Waals surface area contributed by atoms with Crippen molar-refractivity contribution in [1.29, 1.82) is 0 Å². The maximum atomic E-state index is 11.2. The quantitative estimate of drug-likeness (QED) is 0.746. The average Bonchev–Trinajstić information content (AvgIpc) is 2.46. The van der Waals surface area contributed by atoms with Crippen molar-refractivity contribution in [2.24, 2.45) is 0 Å². The van der Waals surface area contributed by atoms with E-state index in [-0.39, 0.29) is 0 Å². The lowest BCUT2D eigenvalue weighted by Gasteiger charge is -2.25. The molecule has 1 aromatic rings. The van der Waals surface area contributed by atoms with Crippen molar-refractivity contribution in [2.75, 3.05) is 45.2 Å². The van der Waals surface area contributed by atoms with Crippen LogP contribution < -0.4 is 9.64 Å². The molecular formula is C16H24N2O2. The monoisotopic (exact) mass is 276 g/mol. The second-order valence-corrected chi connectivity index (χ2v) is 5.47. The van der Waals surface area contributed by atoms with Crippen LogP contribution in [0.15, 0.2) is 24.3 Å². The summed E-state index contributed by atoms with van der Waals surface area (Å²) in [5.74, 6) is 1.32. The van der Waals surface area contributed by atoms with E-state index in [0.717, 1.165) is 44.1 Å². The van der Waals surface area contributed by atoms with Crippen LogP contribution in [0.4, 0.5) is 5.69 Å². The Labute approximate surface area is 121 Å². The molecule has 0 aliphatic carbocycles. The number of carbonyl (C=O) groups excluding carboxylic acids is 1. The van der Waals surface area contributed by atoms with Crippen molar-refractivity contribution >= 4 is 11.5 Å². The maximum Gasteiger partial charge on any atom is 0.135 e. The fourth-order valence-corrected chi connectivity index (χ4v) is 2.36. The first kappa shape index (κ1) is 14.9. The molecule has 1 aromatic carbocycles. The zero-order valence-electron chi connectivity index (χ0n) is 12.5. The van der Waals surface area contributed by atoms with Crippen LogP contribution in [0.5, 0.6) is 5.75 Å². The van der Waals surface area contributed by atoms with Gasteiger partial charge in [-0.25, -0.2) is 0 Å². The molecule has 1 saturated heterocycles. The van der Waals surface area contributed by atoms with Crippen LogP contribution in [0.3, 0.4) is 0 Å². The lowest BCUT2D eigenvalue weighted by molar-refractivity contribution is -0.121. The molecule has 4 heteroatoms. The third-order valence-electron chi connectivity index (χ3n) is 3.64. The number of benzene rings is 1. The van der Waals surface area contributed by atoms with Crippen LogP contribution in [-0.2, 0) is 4.79 Å². The zero-order valence-corrected chi connectivity index (χ0v) is 12.5. The van der Waals surface area contributed by atoms with E-state index in [9.17, 15) is 4.79 Å². The number of ketones is 1. The number of hydrogen-bond donors (Lipinski definition) is 0. The number of carbonyl (C=O) groups is 1. The van der Waals surface area contributed by atoms with Gasteiger partial charge in [0.1, 0.15) is 11.5 Å².